The van der Waals surface area contributed by atoms with E-state index in [0.717, 1.165) is 15.6 Å². The average molecular weight is 321 g/mol. The van der Waals surface area contributed by atoms with E-state index in [0.29, 0.717) is 23.8 Å². The SMILES string of the molecule is CCc1ocnc1C(=O)N(C)C(C)c1sc(C(C)C)nc1C. The highest BCUT2D eigenvalue weighted by molar-refractivity contribution is 7.11. The summed E-state index contributed by atoms with van der Waals surface area (Å²) in [6, 6.07) is -0.0427. The third kappa shape index (κ3) is 3.06. The molecular formula is C16H23N3O2S. The Balaban J connectivity index is 2.25. The van der Waals surface area contributed by atoms with Gasteiger partial charge in [-0.25, -0.2) is 9.97 Å². The topological polar surface area (TPSA) is 59.2 Å². The summed E-state index contributed by atoms with van der Waals surface area (Å²) < 4.78 is 5.26. The molecule has 0 aliphatic rings. The molecule has 0 saturated heterocycles. The largest absolute Gasteiger partial charge is 0.448 e. The van der Waals surface area contributed by atoms with Gasteiger partial charge in [0.05, 0.1) is 16.7 Å². The quantitative estimate of drug-likeness (QED) is 0.836. The number of nitrogens with zero attached hydrogens (tertiary/aromatic N) is 3. The zero-order valence-corrected chi connectivity index (χ0v) is 14.8. The van der Waals surface area contributed by atoms with E-state index in [4.69, 9.17) is 4.42 Å². The smallest absolute Gasteiger partial charge is 0.276 e. The Hall–Kier alpha value is -1.69. The van der Waals surface area contributed by atoms with Crippen molar-refractivity contribution in [1.82, 2.24) is 14.9 Å². The van der Waals surface area contributed by atoms with Gasteiger partial charge in [0, 0.05) is 24.3 Å². The van der Waals surface area contributed by atoms with Gasteiger partial charge in [-0.1, -0.05) is 20.8 Å². The summed E-state index contributed by atoms with van der Waals surface area (Å²) in [5, 5.41) is 1.11. The number of carbonyl (C=O) groups excluding carboxylic acids is 1. The van der Waals surface area contributed by atoms with Crippen LogP contribution in [0.4, 0.5) is 0 Å². The van der Waals surface area contributed by atoms with Gasteiger partial charge in [0.25, 0.3) is 5.91 Å². The number of hydrogen-bond acceptors (Lipinski definition) is 5. The molecule has 1 amide bonds. The Morgan fingerprint density at radius 1 is 1.41 bits per heavy atom. The molecule has 0 N–H and O–H groups in total. The molecule has 0 spiro atoms. The fourth-order valence-electron chi connectivity index (χ4n) is 2.28. The van der Waals surface area contributed by atoms with Gasteiger partial charge in [0.1, 0.15) is 5.76 Å². The molecule has 1 atom stereocenters. The second kappa shape index (κ2) is 6.60. The van der Waals surface area contributed by atoms with E-state index in [9.17, 15) is 4.79 Å². The van der Waals surface area contributed by atoms with Gasteiger partial charge in [0.2, 0.25) is 0 Å². The molecule has 2 aromatic rings. The predicted octanol–water partition coefficient (Wildman–Crippen LogP) is 3.96. The molecule has 0 bridgehead atoms. The first-order chi connectivity index (χ1) is 10.4. The summed E-state index contributed by atoms with van der Waals surface area (Å²) in [5.74, 6) is 0.915. The summed E-state index contributed by atoms with van der Waals surface area (Å²) in [6.45, 7) is 10.2. The fraction of sp³-hybridized carbons (Fsp3) is 0.562. The van der Waals surface area contributed by atoms with Crippen LogP contribution in [0.1, 0.15) is 71.5 Å². The second-order valence-corrected chi connectivity index (χ2v) is 6.79. The van der Waals surface area contributed by atoms with Gasteiger partial charge < -0.3 is 9.32 Å². The van der Waals surface area contributed by atoms with Crippen LogP contribution in [0.25, 0.3) is 0 Å². The van der Waals surface area contributed by atoms with E-state index in [2.05, 4.69) is 23.8 Å². The highest BCUT2D eigenvalue weighted by Gasteiger charge is 2.26. The van der Waals surface area contributed by atoms with Crippen molar-refractivity contribution in [2.75, 3.05) is 7.05 Å². The molecule has 2 aromatic heterocycles. The Kier molecular flexibility index (Phi) is 5.01. The lowest BCUT2D eigenvalue weighted by Crippen LogP contribution is -2.30. The van der Waals surface area contributed by atoms with Crippen LogP contribution >= 0.6 is 11.3 Å². The summed E-state index contributed by atoms with van der Waals surface area (Å²) in [4.78, 5) is 24.2. The van der Waals surface area contributed by atoms with Crippen molar-refractivity contribution in [3.05, 3.63) is 33.4 Å². The van der Waals surface area contributed by atoms with Crippen molar-refractivity contribution in [3.8, 4) is 0 Å². The first kappa shape index (κ1) is 16.7. The minimum absolute atomic E-state index is 0.0427. The maximum atomic E-state index is 12.6. The first-order valence-electron chi connectivity index (χ1n) is 7.53. The van der Waals surface area contributed by atoms with Gasteiger partial charge in [-0.3, -0.25) is 4.79 Å². The molecule has 0 aliphatic heterocycles. The third-order valence-electron chi connectivity index (χ3n) is 3.79. The molecule has 0 fully saturated rings. The zero-order valence-electron chi connectivity index (χ0n) is 14.0. The predicted molar refractivity (Wildman–Crippen MR) is 87.3 cm³/mol. The van der Waals surface area contributed by atoms with Gasteiger partial charge >= 0.3 is 0 Å². The van der Waals surface area contributed by atoms with Crippen molar-refractivity contribution in [3.63, 3.8) is 0 Å². The summed E-state index contributed by atoms with van der Waals surface area (Å²) in [7, 11) is 1.80. The van der Waals surface area contributed by atoms with Crippen molar-refractivity contribution < 1.29 is 9.21 Å². The van der Waals surface area contributed by atoms with Gasteiger partial charge in [-0.2, -0.15) is 0 Å². The average Bonchev–Trinajstić information content (AvgIpc) is 3.11. The molecular weight excluding hydrogens is 298 g/mol. The summed E-state index contributed by atoms with van der Waals surface area (Å²) >= 11 is 1.68. The van der Waals surface area contributed by atoms with Gasteiger partial charge in [-0.15, -0.1) is 11.3 Å². The van der Waals surface area contributed by atoms with Crippen LogP contribution in [-0.2, 0) is 6.42 Å². The van der Waals surface area contributed by atoms with Crippen molar-refractivity contribution in [2.45, 2.75) is 53.0 Å². The minimum Gasteiger partial charge on any atom is -0.448 e. The Labute approximate surface area is 135 Å². The van der Waals surface area contributed by atoms with Gasteiger partial charge in [-0.05, 0) is 13.8 Å². The fourth-order valence-corrected chi connectivity index (χ4v) is 3.44. The standard InChI is InChI=1S/C16H23N3O2S/c1-7-12-13(17-8-21-12)16(20)19(6)11(5)14-10(4)18-15(22-14)9(2)3/h8-9,11H,7H2,1-6H3. The third-order valence-corrected chi connectivity index (χ3v) is 5.42. The minimum atomic E-state index is -0.114. The van der Waals surface area contributed by atoms with Crippen LogP contribution in [-0.4, -0.2) is 27.8 Å². The lowest BCUT2D eigenvalue weighted by molar-refractivity contribution is 0.0737. The molecule has 1 unspecified atom stereocenters. The van der Waals surface area contributed by atoms with Crippen molar-refractivity contribution in [1.29, 1.82) is 0 Å². The lowest BCUT2D eigenvalue weighted by Gasteiger charge is -2.23. The molecule has 0 radical (unpaired) electrons. The molecule has 22 heavy (non-hydrogen) atoms. The number of aromatic nitrogens is 2. The molecule has 120 valence electrons. The van der Waals surface area contributed by atoms with Crippen LogP contribution in [0.3, 0.4) is 0 Å². The Bertz CT molecular complexity index is 660. The number of amides is 1. The Morgan fingerprint density at radius 3 is 2.64 bits per heavy atom. The molecule has 5 nitrogen and oxygen atoms in total. The maximum Gasteiger partial charge on any atom is 0.276 e. The number of aryl methyl sites for hydroxylation is 2. The second-order valence-electron chi connectivity index (χ2n) is 5.73. The van der Waals surface area contributed by atoms with Crippen LogP contribution < -0.4 is 0 Å². The molecule has 0 aromatic carbocycles. The molecule has 0 saturated carbocycles. The van der Waals surface area contributed by atoms with Crippen LogP contribution in [0.2, 0.25) is 0 Å². The lowest BCUT2D eigenvalue weighted by atomic mass is 10.2. The Morgan fingerprint density at radius 2 is 2.09 bits per heavy atom. The number of hydrogen-bond donors (Lipinski definition) is 0. The van der Waals surface area contributed by atoms with E-state index in [1.165, 1.54) is 6.39 Å². The zero-order chi connectivity index (χ0) is 16.4. The number of carbonyl (C=O) groups is 1. The highest BCUT2D eigenvalue weighted by Crippen LogP contribution is 2.32. The van der Waals surface area contributed by atoms with Crippen molar-refractivity contribution >= 4 is 17.2 Å². The number of oxazole rings is 1. The number of thiazole rings is 1. The monoisotopic (exact) mass is 321 g/mol. The van der Waals surface area contributed by atoms with E-state index in [1.807, 2.05) is 20.8 Å². The van der Waals surface area contributed by atoms with E-state index >= 15 is 0 Å². The van der Waals surface area contributed by atoms with Crippen molar-refractivity contribution in [2.24, 2.45) is 0 Å². The first-order valence-corrected chi connectivity index (χ1v) is 8.35. The van der Waals surface area contributed by atoms with Crippen LogP contribution in [0.15, 0.2) is 10.8 Å². The van der Waals surface area contributed by atoms with Crippen LogP contribution in [0, 0.1) is 6.92 Å². The normalized spacial score (nSPS) is 12.7. The van der Waals surface area contributed by atoms with Gasteiger partial charge in [0.15, 0.2) is 12.1 Å². The number of rotatable bonds is 5. The molecule has 2 rings (SSSR count). The maximum absolute atomic E-state index is 12.6. The molecule has 0 aliphatic carbocycles. The molecule has 2 heterocycles. The van der Waals surface area contributed by atoms with Crippen LogP contribution in [0.5, 0.6) is 0 Å². The van der Waals surface area contributed by atoms with E-state index in [1.54, 1.807) is 23.3 Å². The summed E-state index contributed by atoms with van der Waals surface area (Å²) in [5.41, 5.74) is 1.40. The van der Waals surface area contributed by atoms with E-state index < -0.39 is 0 Å². The summed E-state index contributed by atoms with van der Waals surface area (Å²) in [6.07, 6.45) is 1.99. The molecule has 6 heteroatoms. The van der Waals surface area contributed by atoms with E-state index in [-0.39, 0.29) is 11.9 Å². The highest BCUT2D eigenvalue weighted by atomic mass is 32.1.